The predicted octanol–water partition coefficient (Wildman–Crippen LogP) is 2.46. The quantitative estimate of drug-likeness (QED) is 0.438. The van der Waals surface area contributed by atoms with E-state index in [9.17, 15) is 14.4 Å². The molecule has 0 bridgehead atoms. The number of amides is 3. The Morgan fingerprint density at radius 3 is 2.63 bits per heavy atom. The summed E-state index contributed by atoms with van der Waals surface area (Å²) >= 11 is 0. The number of methoxy groups -OCH3 is 1. The fourth-order valence-electron chi connectivity index (χ4n) is 3.88. The Morgan fingerprint density at radius 2 is 1.86 bits per heavy atom. The number of ether oxygens (including phenoxy) is 4. The van der Waals surface area contributed by atoms with E-state index in [0.717, 1.165) is 12.8 Å². The Hall–Kier alpha value is -3.95. The van der Waals surface area contributed by atoms with E-state index in [4.69, 9.17) is 18.9 Å². The van der Waals surface area contributed by atoms with E-state index in [-0.39, 0.29) is 18.9 Å². The summed E-state index contributed by atoms with van der Waals surface area (Å²) in [7, 11) is 1.50. The Labute approximate surface area is 203 Å². The molecule has 2 aromatic carbocycles. The maximum absolute atomic E-state index is 12.7. The zero-order chi connectivity index (χ0) is 24.8. The van der Waals surface area contributed by atoms with Crippen LogP contribution in [-0.2, 0) is 9.59 Å². The van der Waals surface area contributed by atoms with Crippen molar-refractivity contribution in [3.05, 3.63) is 42.0 Å². The van der Waals surface area contributed by atoms with Gasteiger partial charge in [0.05, 0.1) is 19.6 Å². The van der Waals surface area contributed by atoms with Crippen LogP contribution in [0.15, 0.2) is 36.4 Å². The van der Waals surface area contributed by atoms with E-state index in [2.05, 4.69) is 17.8 Å². The number of unbranched alkanes of at least 4 members (excludes halogenated alkanes) is 1. The minimum absolute atomic E-state index is 0.0355. The van der Waals surface area contributed by atoms with Crippen molar-refractivity contribution < 1.29 is 33.3 Å². The van der Waals surface area contributed by atoms with Crippen LogP contribution in [0.4, 0.5) is 5.69 Å². The van der Waals surface area contributed by atoms with Gasteiger partial charge in [0.2, 0.25) is 11.8 Å². The van der Waals surface area contributed by atoms with Gasteiger partial charge < -0.3 is 23.8 Å². The highest BCUT2D eigenvalue weighted by Crippen LogP contribution is 2.36. The molecule has 0 saturated carbocycles. The van der Waals surface area contributed by atoms with Crippen LogP contribution in [0.3, 0.4) is 0 Å². The first-order valence-corrected chi connectivity index (χ1v) is 11.6. The first-order chi connectivity index (χ1) is 17.0. The van der Waals surface area contributed by atoms with Gasteiger partial charge in [-0.3, -0.25) is 25.2 Å². The van der Waals surface area contributed by atoms with Gasteiger partial charge in [-0.1, -0.05) is 13.3 Å². The summed E-state index contributed by atoms with van der Waals surface area (Å²) in [4.78, 5) is 39.3. The highest BCUT2D eigenvalue weighted by atomic mass is 16.6. The molecular weight excluding hydrogens is 454 g/mol. The summed E-state index contributed by atoms with van der Waals surface area (Å²) in [5.74, 6) is 0.418. The Balaban J connectivity index is 1.33. The molecule has 1 saturated heterocycles. The van der Waals surface area contributed by atoms with Gasteiger partial charge in [-0.25, -0.2) is 0 Å². The van der Waals surface area contributed by atoms with Gasteiger partial charge in [0.25, 0.3) is 5.91 Å². The van der Waals surface area contributed by atoms with Crippen LogP contribution in [0.1, 0.15) is 36.5 Å². The van der Waals surface area contributed by atoms with Crippen molar-refractivity contribution in [1.29, 1.82) is 0 Å². The van der Waals surface area contributed by atoms with Crippen LogP contribution in [0.5, 0.6) is 23.0 Å². The second-order valence-electron chi connectivity index (χ2n) is 8.24. The molecule has 186 valence electrons. The number of hydrazine groups is 1. The standard InChI is InChI=1S/C25H29N3O7/c1-3-4-9-33-19-7-5-16(12-21(19)32-2)24(30)26-27-25(31)17-13-23(29)28(15-17)18-6-8-20-22(14-18)35-11-10-34-20/h5-8,12,14,17H,3-4,9-11,13,15H2,1-2H3,(H,26,30)(H,27,31). The number of hydrogen-bond donors (Lipinski definition) is 2. The van der Waals surface area contributed by atoms with Crippen molar-refractivity contribution in [2.45, 2.75) is 26.2 Å². The minimum Gasteiger partial charge on any atom is -0.493 e. The molecular formula is C25H29N3O7. The molecule has 2 heterocycles. The van der Waals surface area contributed by atoms with Gasteiger partial charge in [-0.15, -0.1) is 0 Å². The van der Waals surface area contributed by atoms with Gasteiger partial charge in [0.1, 0.15) is 13.2 Å². The maximum Gasteiger partial charge on any atom is 0.269 e. The Morgan fingerprint density at radius 1 is 1.06 bits per heavy atom. The molecule has 2 aliphatic rings. The van der Waals surface area contributed by atoms with Crippen LogP contribution in [0, 0.1) is 5.92 Å². The van der Waals surface area contributed by atoms with Crippen molar-refractivity contribution in [2.75, 3.05) is 38.4 Å². The Bertz CT molecular complexity index is 1100. The van der Waals surface area contributed by atoms with Crippen molar-refractivity contribution >= 4 is 23.4 Å². The third-order valence-electron chi connectivity index (χ3n) is 5.81. The lowest BCUT2D eigenvalue weighted by Gasteiger charge is -2.22. The van der Waals surface area contributed by atoms with Crippen LogP contribution in [-0.4, -0.2) is 51.2 Å². The molecule has 3 amide bonds. The number of rotatable bonds is 8. The number of nitrogens with zero attached hydrogens (tertiary/aromatic N) is 1. The first-order valence-electron chi connectivity index (χ1n) is 11.6. The lowest BCUT2D eigenvalue weighted by atomic mass is 10.1. The van der Waals surface area contributed by atoms with E-state index in [1.165, 1.54) is 12.0 Å². The molecule has 0 aromatic heterocycles. The van der Waals surface area contributed by atoms with Crippen LogP contribution >= 0.6 is 0 Å². The third kappa shape index (κ3) is 5.59. The summed E-state index contributed by atoms with van der Waals surface area (Å²) in [5.41, 5.74) is 5.76. The molecule has 4 rings (SSSR count). The molecule has 2 N–H and O–H groups in total. The molecule has 1 atom stereocenters. The zero-order valence-corrected chi connectivity index (χ0v) is 19.8. The van der Waals surface area contributed by atoms with Gasteiger partial charge in [0, 0.05) is 30.3 Å². The molecule has 1 fully saturated rings. The smallest absolute Gasteiger partial charge is 0.269 e. The SMILES string of the molecule is CCCCOc1ccc(C(=O)NNC(=O)C2CC(=O)N(c3ccc4c(c3)OCCO4)C2)cc1OC. The number of benzene rings is 2. The molecule has 0 radical (unpaired) electrons. The highest BCUT2D eigenvalue weighted by Gasteiger charge is 2.36. The number of fused-ring (bicyclic) bond motifs is 1. The molecule has 35 heavy (non-hydrogen) atoms. The average molecular weight is 484 g/mol. The first kappa shape index (κ1) is 24.2. The molecule has 2 aromatic rings. The number of carbonyl (C=O) groups excluding carboxylic acids is 3. The van der Waals surface area contributed by atoms with E-state index >= 15 is 0 Å². The number of carbonyl (C=O) groups is 3. The number of anilines is 1. The van der Waals surface area contributed by atoms with Gasteiger partial charge >= 0.3 is 0 Å². The molecule has 10 heteroatoms. The van der Waals surface area contributed by atoms with Crippen LogP contribution < -0.4 is 34.7 Å². The number of nitrogens with one attached hydrogen (secondary N) is 2. The highest BCUT2D eigenvalue weighted by molar-refractivity contribution is 6.01. The van der Waals surface area contributed by atoms with E-state index in [1.807, 2.05) is 0 Å². The van der Waals surface area contributed by atoms with Crippen LogP contribution in [0.25, 0.3) is 0 Å². The molecule has 0 spiro atoms. The van der Waals surface area contributed by atoms with E-state index in [0.29, 0.717) is 54.1 Å². The monoisotopic (exact) mass is 483 g/mol. The molecule has 1 unspecified atom stereocenters. The topological polar surface area (TPSA) is 115 Å². The van der Waals surface area contributed by atoms with E-state index in [1.54, 1.807) is 36.4 Å². The predicted molar refractivity (Wildman–Crippen MR) is 127 cm³/mol. The lowest BCUT2D eigenvalue weighted by molar-refractivity contribution is -0.126. The minimum atomic E-state index is -0.611. The summed E-state index contributed by atoms with van der Waals surface area (Å²) in [6, 6.07) is 10.0. The largest absolute Gasteiger partial charge is 0.493 e. The zero-order valence-electron chi connectivity index (χ0n) is 19.8. The second kappa shape index (κ2) is 11.0. The second-order valence-corrected chi connectivity index (χ2v) is 8.24. The summed E-state index contributed by atoms with van der Waals surface area (Å²) in [5, 5.41) is 0. The molecule has 2 aliphatic heterocycles. The summed E-state index contributed by atoms with van der Waals surface area (Å²) < 4.78 is 22.1. The number of hydrogen-bond acceptors (Lipinski definition) is 7. The van der Waals surface area contributed by atoms with E-state index < -0.39 is 17.7 Å². The fourth-order valence-corrected chi connectivity index (χ4v) is 3.88. The lowest BCUT2D eigenvalue weighted by Crippen LogP contribution is -2.45. The van der Waals surface area contributed by atoms with Crippen molar-refractivity contribution in [1.82, 2.24) is 10.9 Å². The molecule has 0 aliphatic carbocycles. The normalized spacial score (nSPS) is 16.6. The summed E-state index contributed by atoms with van der Waals surface area (Å²) in [6.07, 6.45) is 1.95. The van der Waals surface area contributed by atoms with Gasteiger partial charge in [-0.2, -0.15) is 0 Å². The Kier molecular flexibility index (Phi) is 7.59. The maximum atomic E-state index is 12.7. The third-order valence-corrected chi connectivity index (χ3v) is 5.81. The fraction of sp³-hybridized carbons (Fsp3) is 0.400. The van der Waals surface area contributed by atoms with Crippen molar-refractivity contribution in [3.8, 4) is 23.0 Å². The van der Waals surface area contributed by atoms with Crippen molar-refractivity contribution in [2.24, 2.45) is 5.92 Å². The molecule has 10 nitrogen and oxygen atoms in total. The van der Waals surface area contributed by atoms with Gasteiger partial charge in [0.15, 0.2) is 23.0 Å². The van der Waals surface area contributed by atoms with Crippen molar-refractivity contribution in [3.63, 3.8) is 0 Å². The average Bonchev–Trinajstić information content (AvgIpc) is 3.28. The van der Waals surface area contributed by atoms with Gasteiger partial charge in [-0.05, 0) is 36.8 Å². The summed E-state index contributed by atoms with van der Waals surface area (Å²) in [6.45, 7) is 3.73. The van der Waals surface area contributed by atoms with Crippen LogP contribution in [0.2, 0.25) is 0 Å².